The van der Waals surface area contributed by atoms with Crippen LogP contribution in [0.2, 0.25) is 0 Å². The number of rotatable bonds is 5. The molecule has 0 aliphatic carbocycles. The first-order chi connectivity index (χ1) is 12.6. The second kappa shape index (κ2) is 7.17. The van der Waals surface area contributed by atoms with E-state index in [1.807, 2.05) is 19.1 Å². The number of aliphatic hydroxyl groups is 1. The average molecular weight is 354 g/mol. The molecule has 0 bridgehead atoms. The number of furan rings is 1. The van der Waals surface area contributed by atoms with Gasteiger partial charge in [0.1, 0.15) is 29.5 Å². The Kier molecular flexibility index (Phi) is 4.74. The number of benzene rings is 1. The number of aryl methyl sites for hydroxylation is 2. The highest BCUT2D eigenvalue weighted by Crippen LogP contribution is 2.29. The van der Waals surface area contributed by atoms with Gasteiger partial charge in [-0.3, -0.25) is 0 Å². The van der Waals surface area contributed by atoms with Crippen molar-refractivity contribution < 1.29 is 14.3 Å². The highest BCUT2D eigenvalue weighted by molar-refractivity contribution is 5.86. The molecule has 1 atom stereocenters. The van der Waals surface area contributed by atoms with E-state index in [9.17, 15) is 5.11 Å². The van der Waals surface area contributed by atoms with Crippen LogP contribution in [-0.2, 0) is 7.05 Å². The number of nitrogens with zero attached hydrogens (tertiary/aromatic N) is 2. The van der Waals surface area contributed by atoms with E-state index in [-0.39, 0.29) is 6.10 Å². The van der Waals surface area contributed by atoms with Gasteiger partial charge < -0.3 is 23.7 Å². The molecule has 1 N–H and O–H groups in total. The molecular weight excluding hydrogens is 328 g/mol. The van der Waals surface area contributed by atoms with Crippen molar-refractivity contribution in [3.05, 3.63) is 54.1 Å². The Balaban J connectivity index is 1.33. The van der Waals surface area contributed by atoms with Crippen molar-refractivity contribution in [2.24, 2.45) is 7.05 Å². The van der Waals surface area contributed by atoms with Gasteiger partial charge in [0.2, 0.25) is 0 Å². The molecule has 1 aromatic carbocycles. The van der Waals surface area contributed by atoms with Gasteiger partial charge in [0, 0.05) is 38.3 Å². The topological polar surface area (TPSA) is 50.8 Å². The Hall–Kier alpha value is -2.24. The highest BCUT2D eigenvalue weighted by atomic mass is 16.5. The summed E-state index contributed by atoms with van der Waals surface area (Å²) in [5, 5.41) is 11.5. The van der Waals surface area contributed by atoms with Crippen molar-refractivity contribution >= 4 is 10.9 Å². The van der Waals surface area contributed by atoms with Crippen molar-refractivity contribution in [2.45, 2.75) is 32.0 Å². The Morgan fingerprint density at radius 3 is 2.73 bits per heavy atom. The molecule has 1 saturated heterocycles. The van der Waals surface area contributed by atoms with Crippen LogP contribution in [-0.4, -0.2) is 40.3 Å². The van der Waals surface area contributed by atoms with Gasteiger partial charge >= 0.3 is 0 Å². The van der Waals surface area contributed by atoms with Crippen molar-refractivity contribution in [3.8, 4) is 5.75 Å². The van der Waals surface area contributed by atoms with Crippen LogP contribution in [0.5, 0.6) is 5.75 Å². The van der Waals surface area contributed by atoms with Crippen LogP contribution in [0.4, 0.5) is 0 Å². The molecular formula is C21H26N2O3. The smallest absolute Gasteiger partial charge is 0.133 e. The third-order valence-corrected chi connectivity index (χ3v) is 5.24. The van der Waals surface area contributed by atoms with Crippen molar-refractivity contribution in [1.29, 1.82) is 0 Å². The number of fused-ring (bicyclic) bond motifs is 1. The largest absolute Gasteiger partial charge is 0.490 e. The Bertz CT molecular complexity index is 874. The highest BCUT2D eigenvalue weighted by Gasteiger charge is 2.24. The van der Waals surface area contributed by atoms with Crippen molar-refractivity contribution in [2.75, 3.05) is 19.6 Å². The molecule has 0 spiro atoms. The first-order valence-electron chi connectivity index (χ1n) is 9.27. The molecule has 1 fully saturated rings. The van der Waals surface area contributed by atoms with Crippen LogP contribution >= 0.6 is 0 Å². The number of β-amino-alcohol motifs (C(OH)–C–C–N with tert-alkyl or cyclic N) is 1. The van der Waals surface area contributed by atoms with E-state index in [0.717, 1.165) is 37.4 Å². The lowest BCUT2D eigenvalue weighted by Gasteiger charge is -2.33. The third kappa shape index (κ3) is 3.50. The lowest BCUT2D eigenvalue weighted by molar-refractivity contribution is 0.0529. The van der Waals surface area contributed by atoms with Gasteiger partial charge in [0.25, 0.3) is 0 Å². The van der Waals surface area contributed by atoms with Crippen LogP contribution in [0.3, 0.4) is 0 Å². The van der Waals surface area contributed by atoms with E-state index in [2.05, 4.69) is 47.0 Å². The number of aliphatic hydroxyl groups excluding tert-OH is 1. The van der Waals surface area contributed by atoms with E-state index in [1.54, 1.807) is 0 Å². The maximum Gasteiger partial charge on any atom is 0.133 e. The van der Waals surface area contributed by atoms with Gasteiger partial charge in [-0.1, -0.05) is 6.07 Å². The lowest BCUT2D eigenvalue weighted by Crippen LogP contribution is -2.40. The normalized spacial score (nSPS) is 17.7. The molecule has 3 heterocycles. The number of aromatic nitrogens is 1. The minimum atomic E-state index is -0.570. The molecule has 4 rings (SSSR count). The molecule has 26 heavy (non-hydrogen) atoms. The van der Waals surface area contributed by atoms with E-state index in [4.69, 9.17) is 9.15 Å². The molecule has 5 nitrogen and oxygen atoms in total. The minimum Gasteiger partial charge on any atom is -0.490 e. The van der Waals surface area contributed by atoms with Gasteiger partial charge in [0.15, 0.2) is 0 Å². The Morgan fingerprint density at radius 2 is 2.00 bits per heavy atom. The fourth-order valence-electron chi connectivity index (χ4n) is 3.73. The van der Waals surface area contributed by atoms with Gasteiger partial charge in [-0.05, 0) is 50.1 Å². The monoisotopic (exact) mass is 354 g/mol. The summed E-state index contributed by atoms with van der Waals surface area (Å²) >= 11 is 0. The number of hydrogen-bond donors (Lipinski definition) is 1. The van der Waals surface area contributed by atoms with Crippen LogP contribution in [0.15, 0.2) is 47.0 Å². The fraction of sp³-hybridized carbons (Fsp3) is 0.429. The second-order valence-electron chi connectivity index (χ2n) is 7.20. The zero-order valence-corrected chi connectivity index (χ0v) is 15.4. The first-order valence-corrected chi connectivity index (χ1v) is 9.27. The number of ether oxygens (including phenoxy) is 1. The summed E-state index contributed by atoms with van der Waals surface area (Å²) in [6.45, 7) is 4.35. The molecule has 1 aliphatic rings. The quantitative estimate of drug-likeness (QED) is 0.760. The second-order valence-corrected chi connectivity index (χ2v) is 7.20. The summed E-state index contributed by atoms with van der Waals surface area (Å²) in [6, 6.07) is 12.1. The van der Waals surface area contributed by atoms with Gasteiger partial charge in [-0.2, -0.15) is 0 Å². The number of likely N-dealkylation sites (tertiary alicyclic amines) is 1. The standard InChI is InChI=1S/C21H26N2O3/c1-15-6-7-21(25-15)19(24)14-23-12-8-16(9-13-23)26-20-5-3-4-18-17(20)10-11-22(18)2/h3-7,10-11,16,19,24H,8-9,12-14H2,1-2H3. The zero-order chi connectivity index (χ0) is 18.1. The maximum absolute atomic E-state index is 10.3. The molecule has 138 valence electrons. The summed E-state index contributed by atoms with van der Waals surface area (Å²) in [6.07, 6.45) is 3.65. The molecule has 5 heteroatoms. The van der Waals surface area contributed by atoms with E-state index in [1.165, 1.54) is 10.9 Å². The van der Waals surface area contributed by atoms with Crippen LogP contribution < -0.4 is 4.74 Å². The van der Waals surface area contributed by atoms with Crippen molar-refractivity contribution in [3.63, 3.8) is 0 Å². The molecule has 3 aromatic rings. The molecule has 0 saturated carbocycles. The Labute approximate surface area is 153 Å². The summed E-state index contributed by atoms with van der Waals surface area (Å²) < 4.78 is 13.9. The maximum atomic E-state index is 10.3. The fourth-order valence-corrected chi connectivity index (χ4v) is 3.73. The summed E-state index contributed by atoms with van der Waals surface area (Å²) in [7, 11) is 2.05. The Morgan fingerprint density at radius 1 is 1.19 bits per heavy atom. The zero-order valence-electron chi connectivity index (χ0n) is 15.4. The van der Waals surface area contributed by atoms with Gasteiger partial charge in [-0.15, -0.1) is 0 Å². The minimum absolute atomic E-state index is 0.222. The lowest BCUT2D eigenvalue weighted by atomic mass is 10.1. The van der Waals surface area contributed by atoms with Crippen LogP contribution in [0.25, 0.3) is 10.9 Å². The predicted molar refractivity (Wildman–Crippen MR) is 101 cm³/mol. The van der Waals surface area contributed by atoms with Gasteiger partial charge in [0.05, 0.1) is 5.52 Å². The summed E-state index contributed by atoms with van der Waals surface area (Å²) in [5.74, 6) is 2.45. The average Bonchev–Trinajstić information content (AvgIpc) is 3.24. The molecule has 1 unspecified atom stereocenters. The number of piperidine rings is 1. The van der Waals surface area contributed by atoms with E-state index < -0.39 is 6.10 Å². The SMILES string of the molecule is Cc1ccc(C(O)CN2CCC(Oc3cccc4c3ccn4C)CC2)o1. The van der Waals surface area contributed by atoms with Crippen molar-refractivity contribution in [1.82, 2.24) is 9.47 Å². The van der Waals surface area contributed by atoms with Crippen LogP contribution in [0.1, 0.15) is 30.5 Å². The number of hydrogen-bond acceptors (Lipinski definition) is 4. The molecule has 0 amide bonds. The van der Waals surface area contributed by atoms with E-state index in [0.29, 0.717) is 12.3 Å². The molecule has 2 aromatic heterocycles. The molecule has 0 radical (unpaired) electrons. The first kappa shape index (κ1) is 17.2. The predicted octanol–water partition coefficient (Wildman–Crippen LogP) is 3.66. The molecule has 1 aliphatic heterocycles. The third-order valence-electron chi connectivity index (χ3n) is 5.24. The van der Waals surface area contributed by atoms with E-state index >= 15 is 0 Å². The van der Waals surface area contributed by atoms with Crippen LogP contribution in [0, 0.1) is 6.92 Å². The summed E-state index contributed by atoms with van der Waals surface area (Å²) in [5.41, 5.74) is 1.19. The van der Waals surface area contributed by atoms with Gasteiger partial charge in [-0.25, -0.2) is 0 Å². The summed E-state index contributed by atoms with van der Waals surface area (Å²) in [4.78, 5) is 2.28.